The molecule has 1 aromatic carbocycles. The Balaban J connectivity index is 1.51. The second-order valence-electron chi connectivity index (χ2n) is 8.86. The van der Waals surface area contributed by atoms with E-state index in [-0.39, 0.29) is 17.4 Å². The van der Waals surface area contributed by atoms with Crippen LogP contribution in [0.5, 0.6) is 0 Å². The van der Waals surface area contributed by atoms with Gasteiger partial charge in [0, 0.05) is 25.0 Å². The Morgan fingerprint density at radius 1 is 1.18 bits per heavy atom. The molecule has 7 nitrogen and oxygen atoms in total. The summed E-state index contributed by atoms with van der Waals surface area (Å²) in [7, 11) is 0. The van der Waals surface area contributed by atoms with Gasteiger partial charge in [0.2, 0.25) is 0 Å². The number of hydrogen-bond acceptors (Lipinski definition) is 6. The first-order chi connectivity index (χ1) is 16.4. The third kappa shape index (κ3) is 5.00. The van der Waals surface area contributed by atoms with Crippen LogP contribution in [0.3, 0.4) is 0 Å². The van der Waals surface area contributed by atoms with Crippen molar-refractivity contribution < 1.29 is 13.2 Å². The van der Waals surface area contributed by atoms with Crippen molar-refractivity contribution in [2.75, 3.05) is 31.1 Å². The standard InChI is InChI=1S/C23H27ClF3N7/c24-18-10-15(12-33-8-1-9-33)2-3-20(18)34-13-17(23(25,26)27)21(19-11-29-14-30-19)32-22(34)31-16-4-6-28-7-5-16/h2-3,10-11,13-14,16,22,28,31H,1,4-9,12H2,(H,29,30). The number of hydrogen-bond donors (Lipinski definition) is 3. The summed E-state index contributed by atoms with van der Waals surface area (Å²) in [5.74, 6) is 0. The van der Waals surface area contributed by atoms with Crippen molar-refractivity contribution in [2.24, 2.45) is 4.99 Å². The summed E-state index contributed by atoms with van der Waals surface area (Å²) >= 11 is 6.64. The Bertz CT molecular complexity index is 1060. The highest BCUT2D eigenvalue weighted by Crippen LogP contribution is 2.37. The number of nitrogens with zero attached hydrogens (tertiary/aromatic N) is 4. The van der Waals surface area contributed by atoms with Crippen molar-refractivity contribution in [1.29, 1.82) is 0 Å². The van der Waals surface area contributed by atoms with E-state index in [9.17, 15) is 13.2 Å². The molecule has 0 spiro atoms. The first-order valence-corrected chi connectivity index (χ1v) is 11.9. The van der Waals surface area contributed by atoms with Crippen LogP contribution in [0.4, 0.5) is 18.9 Å². The SMILES string of the molecule is FC(F)(F)C1=CN(c2ccc(CN3CCC3)cc2Cl)C(NC2CCNCC2)N=C1c1c[nH]cn1. The molecule has 5 rings (SSSR count). The van der Waals surface area contributed by atoms with Crippen LogP contribution in [0.1, 0.15) is 30.5 Å². The fourth-order valence-electron chi connectivity index (χ4n) is 4.50. The van der Waals surface area contributed by atoms with Crippen molar-refractivity contribution >= 4 is 23.0 Å². The molecule has 2 aromatic rings. The smallest absolute Gasteiger partial charge is 0.351 e. The zero-order chi connectivity index (χ0) is 23.7. The molecular formula is C23H27ClF3N7. The van der Waals surface area contributed by atoms with Crippen LogP contribution in [0.15, 0.2) is 47.5 Å². The number of rotatable bonds is 6. The van der Waals surface area contributed by atoms with E-state index in [1.807, 2.05) is 12.1 Å². The Morgan fingerprint density at radius 2 is 1.97 bits per heavy atom. The second-order valence-corrected chi connectivity index (χ2v) is 9.27. The zero-order valence-corrected chi connectivity index (χ0v) is 19.3. The molecule has 11 heteroatoms. The van der Waals surface area contributed by atoms with Crippen LogP contribution >= 0.6 is 11.6 Å². The van der Waals surface area contributed by atoms with Gasteiger partial charge < -0.3 is 15.2 Å². The number of H-pyrrole nitrogens is 1. The molecule has 1 unspecified atom stereocenters. The Hall–Kier alpha value is -2.40. The van der Waals surface area contributed by atoms with Gasteiger partial charge in [0.1, 0.15) is 11.4 Å². The van der Waals surface area contributed by atoms with Gasteiger partial charge in [0.25, 0.3) is 0 Å². The van der Waals surface area contributed by atoms with Crippen molar-refractivity contribution in [2.45, 2.75) is 44.3 Å². The van der Waals surface area contributed by atoms with E-state index < -0.39 is 18.0 Å². The Morgan fingerprint density at radius 3 is 2.59 bits per heavy atom. The molecule has 0 saturated carbocycles. The lowest BCUT2D eigenvalue weighted by molar-refractivity contribution is -0.0865. The topological polar surface area (TPSA) is 71.6 Å². The van der Waals surface area contributed by atoms with Crippen LogP contribution < -0.4 is 15.5 Å². The molecule has 1 aromatic heterocycles. The number of aliphatic imine (C=N–C) groups is 1. The highest BCUT2D eigenvalue weighted by molar-refractivity contribution is 6.33. The first kappa shape index (κ1) is 23.3. The van der Waals surface area contributed by atoms with Gasteiger partial charge in [0.15, 0.2) is 6.29 Å². The number of piperidine rings is 1. The number of halogens is 4. The quantitative estimate of drug-likeness (QED) is 0.573. The van der Waals surface area contributed by atoms with Crippen LogP contribution in [0.2, 0.25) is 5.02 Å². The van der Waals surface area contributed by atoms with Gasteiger partial charge in [-0.2, -0.15) is 13.2 Å². The molecule has 2 saturated heterocycles. The molecule has 0 aliphatic carbocycles. The summed E-state index contributed by atoms with van der Waals surface area (Å²) in [6.07, 6.45) is 1.41. The van der Waals surface area contributed by atoms with Crippen molar-refractivity contribution in [3.05, 3.63) is 58.8 Å². The Kier molecular flexibility index (Phi) is 6.65. The minimum Gasteiger partial charge on any atom is -0.351 e. The van der Waals surface area contributed by atoms with Gasteiger partial charge in [-0.25, -0.2) is 9.98 Å². The van der Waals surface area contributed by atoms with E-state index in [4.69, 9.17) is 11.6 Å². The minimum absolute atomic E-state index is 0.114. The molecule has 0 bridgehead atoms. The van der Waals surface area contributed by atoms with E-state index in [2.05, 4.69) is 30.5 Å². The van der Waals surface area contributed by atoms with Crippen molar-refractivity contribution in [3.63, 3.8) is 0 Å². The van der Waals surface area contributed by atoms with Crippen LogP contribution in [0.25, 0.3) is 0 Å². The molecular weight excluding hydrogens is 467 g/mol. The number of allylic oxidation sites excluding steroid dienone is 1. The lowest BCUT2D eigenvalue weighted by Crippen LogP contribution is -2.52. The zero-order valence-electron chi connectivity index (χ0n) is 18.6. The maximum absolute atomic E-state index is 14.1. The molecule has 3 aliphatic rings. The van der Waals surface area contributed by atoms with Gasteiger partial charge in [0.05, 0.1) is 22.6 Å². The fourth-order valence-corrected chi connectivity index (χ4v) is 4.80. The average molecular weight is 494 g/mol. The summed E-state index contributed by atoms with van der Waals surface area (Å²) in [5.41, 5.74) is 0.614. The maximum Gasteiger partial charge on any atom is 0.419 e. The van der Waals surface area contributed by atoms with E-state index in [0.29, 0.717) is 10.7 Å². The number of likely N-dealkylation sites (tertiary alicyclic amines) is 1. The number of aromatic nitrogens is 2. The second kappa shape index (κ2) is 9.69. The number of benzene rings is 1. The van der Waals surface area contributed by atoms with E-state index >= 15 is 0 Å². The molecule has 182 valence electrons. The van der Waals surface area contributed by atoms with Crippen molar-refractivity contribution in [1.82, 2.24) is 25.5 Å². The van der Waals surface area contributed by atoms with Gasteiger partial charge in [-0.1, -0.05) is 17.7 Å². The highest BCUT2D eigenvalue weighted by atomic mass is 35.5. The van der Waals surface area contributed by atoms with Gasteiger partial charge in [-0.3, -0.25) is 10.2 Å². The molecule has 2 fully saturated rings. The van der Waals surface area contributed by atoms with Crippen LogP contribution in [-0.2, 0) is 6.54 Å². The number of nitrogens with one attached hydrogen (secondary N) is 3. The summed E-state index contributed by atoms with van der Waals surface area (Å²) < 4.78 is 42.4. The largest absolute Gasteiger partial charge is 0.419 e. The van der Waals surface area contributed by atoms with Crippen LogP contribution in [-0.4, -0.2) is 65.3 Å². The maximum atomic E-state index is 14.1. The summed E-state index contributed by atoms with van der Waals surface area (Å²) in [4.78, 5) is 15.1. The molecule has 4 heterocycles. The van der Waals surface area contributed by atoms with Crippen LogP contribution in [0, 0.1) is 0 Å². The first-order valence-electron chi connectivity index (χ1n) is 11.5. The minimum atomic E-state index is -4.61. The van der Waals surface area contributed by atoms with Gasteiger partial charge in [-0.05, 0) is 63.1 Å². The highest BCUT2D eigenvalue weighted by Gasteiger charge is 2.42. The van der Waals surface area contributed by atoms with Gasteiger partial charge in [-0.15, -0.1) is 0 Å². The molecule has 3 N–H and O–H groups in total. The molecule has 3 aliphatic heterocycles. The lowest BCUT2D eigenvalue weighted by Gasteiger charge is -2.37. The fraction of sp³-hybridized carbons (Fsp3) is 0.478. The number of imidazole rings is 1. The predicted molar refractivity (Wildman–Crippen MR) is 126 cm³/mol. The molecule has 0 radical (unpaired) electrons. The summed E-state index contributed by atoms with van der Waals surface area (Å²) in [6.45, 7) is 4.57. The van der Waals surface area contributed by atoms with Gasteiger partial charge >= 0.3 is 6.18 Å². The molecule has 34 heavy (non-hydrogen) atoms. The average Bonchev–Trinajstić information content (AvgIpc) is 3.31. The van der Waals surface area contributed by atoms with E-state index in [0.717, 1.165) is 57.3 Å². The van der Waals surface area contributed by atoms with Crippen molar-refractivity contribution in [3.8, 4) is 0 Å². The number of anilines is 1. The molecule has 1 atom stereocenters. The normalized spacial score (nSPS) is 22.4. The third-order valence-corrected chi connectivity index (χ3v) is 6.76. The third-order valence-electron chi connectivity index (χ3n) is 6.45. The monoisotopic (exact) mass is 493 g/mol. The molecule has 0 amide bonds. The number of aromatic amines is 1. The Labute approximate surface area is 201 Å². The number of alkyl halides is 3. The summed E-state index contributed by atoms with van der Waals surface area (Å²) in [5, 5.41) is 7.14. The van der Waals surface area contributed by atoms with E-state index in [1.165, 1.54) is 23.8 Å². The lowest BCUT2D eigenvalue weighted by atomic mass is 10.0. The summed E-state index contributed by atoms with van der Waals surface area (Å²) in [6, 6.07) is 5.66. The van der Waals surface area contributed by atoms with E-state index in [1.54, 1.807) is 6.07 Å². The predicted octanol–water partition coefficient (Wildman–Crippen LogP) is 3.65.